The Morgan fingerprint density at radius 2 is 1.89 bits per heavy atom. The molecule has 28 heavy (non-hydrogen) atoms. The minimum Gasteiger partial charge on any atom is -0.378 e. The van der Waals surface area contributed by atoms with E-state index in [4.69, 9.17) is 11.6 Å². The number of rotatable bonds is 9. The van der Waals surface area contributed by atoms with Crippen molar-refractivity contribution in [3.05, 3.63) is 76.6 Å². The van der Waals surface area contributed by atoms with E-state index in [0.717, 1.165) is 34.7 Å². The first-order valence-corrected chi connectivity index (χ1v) is 10.7. The number of aromatic amines is 1. The summed E-state index contributed by atoms with van der Waals surface area (Å²) in [6.45, 7) is 4.07. The van der Waals surface area contributed by atoms with Gasteiger partial charge in [0.25, 0.3) is 0 Å². The van der Waals surface area contributed by atoms with Crippen LogP contribution in [0.25, 0.3) is 0 Å². The van der Waals surface area contributed by atoms with Gasteiger partial charge in [0, 0.05) is 33.9 Å². The number of anilines is 1. The topological polar surface area (TPSA) is 57.8 Å². The standard InChI is InChI=1S/C22H24ClN3OS/c1-3-7-20(27)16-10-12-17(13-11-16)24-15(2)21-19(25-26-22(21)23)14-28-18-8-5-4-6-9-18/h4-6,8-13,15,24H,3,7,14H2,1-2H3,(H,25,26). The van der Waals surface area contributed by atoms with E-state index >= 15 is 0 Å². The van der Waals surface area contributed by atoms with Gasteiger partial charge in [0.2, 0.25) is 0 Å². The average molecular weight is 414 g/mol. The number of nitrogens with one attached hydrogen (secondary N) is 2. The SMILES string of the molecule is CCCC(=O)c1ccc(NC(C)c2c(Cl)n[nH]c2CSc2ccccc2)cc1. The number of nitrogens with zero attached hydrogens (tertiary/aromatic N) is 1. The normalized spacial score (nSPS) is 12.0. The van der Waals surface area contributed by atoms with Crippen molar-refractivity contribution in [2.24, 2.45) is 0 Å². The van der Waals surface area contributed by atoms with Crippen LogP contribution in [0.5, 0.6) is 0 Å². The number of ketones is 1. The Morgan fingerprint density at radius 1 is 1.18 bits per heavy atom. The number of thioether (sulfide) groups is 1. The van der Waals surface area contributed by atoms with Crippen molar-refractivity contribution in [1.29, 1.82) is 0 Å². The number of aromatic nitrogens is 2. The van der Waals surface area contributed by atoms with Gasteiger partial charge < -0.3 is 5.32 Å². The summed E-state index contributed by atoms with van der Waals surface area (Å²) in [5, 5.41) is 11.2. The van der Waals surface area contributed by atoms with Gasteiger partial charge in [-0.25, -0.2) is 0 Å². The molecule has 6 heteroatoms. The van der Waals surface area contributed by atoms with Gasteiger partial charge in [-0.2, -0.15) is 5.10 Å². The smallest absolute Gasteiger partial charge is 0.162 e. The van der Waals surface area contributed by atoms with Crippen LogP contribution in [-0.4, -0.2) is 16.0 Å². The summed E-state index contributed by atoms with van der Waals surface area (Å²) in [7, 11) is 0. The molecule has 0 fully saturated rings. The Morgan fingerprint density at radius 3 is 2.57 bits per heavy atom. The fraction of sp³-hybridized carbons (Fsp3) is 0.273. The monoisotopic (exact) mass is 413 g/mol. The van der Waals surface area contributed by atoms with Crippen LogP contribution in [0.3, 0.4) is 0 Å². The number of Topliss-reactive ketones (excluding diaryl/α,β-unsaturated/α-hetero) is 1. The highest BCUT2D eigenvalue weighted by atomic mass is 35.5. The number of H-pyrrole nitrogens is 1. The molecule has 0 radical (unpaired) electrons. The Kier molecular flexibility index (Phi) is 7.18. The molecule has 0 spiro atoms. The number of benzene rings is 2. The summed E-state index contributed by atoms with van der Waals surface area (Å²) >= 11 is 8.09. The van der Waals surface area contributed by atoms with E-state index in [-0.39, 0.29) is 11.8 Å². The first-order chi connectivity index (χ1) is 13.6. The maximum Gasteiger partial charge on any atom is 0.162 e. The van der Waals surface area contributed by atoms with Crippen molar-refractivity contribution in [1.82, 2.24) is 10.2 Å². The minimum atomic E-state index is -0.0187. The lowest BCUT2D eigenvalue weighted by Crippen LogP contribution is -2.09. The second-order valence-corrected chi connectivity index (χ2v) is 8.03. The summed E-state index contributed by atoms with van der Waals surface area (Å²) in [5.41, 5.74) is 3.67. The average Bonchev–Trinajstić information content (AvgIpc) is 3.08. The molecule has 4 nitrogen and oxygen atoms in total. The zero-order valence-corrected chi connectivity index (χ0v) is 17.6. The molecule has 2 aromatic carbocycles. The second-order valence-electron chi connectivity index (χ2n) is 6.62. The molecule has 1 heterocycles. The molecule has 0 aliphatic heterocycles. The van der Waals surface area contributed by atoms with Gasteiger partial charge in [0.05, 0.1) is 11.7 Å². The predicted octanol–water partition coefficient (Wildman–Crippen LogP) is 6.51. The van der Waals surface area contributed by atoms with E-state index in [1.54, 1.807) is 11.8 Å². The van der Waals surface area contributed by atoms with Crippen molar-refractivity contribution >= 4 is 34.8 Å². The van der Waals surface area contributed by atoms with Crippen LogP contribution >= 0.6 is 23.4 Å². The highest BCUT2D eigenvalue weighted by molar-refractivity contribution is 7.98. The molecule has 0 saturated heterocycles. The molecule has 1 unspecified atom stereocenters. The Hall–Kier alpha value is -2.24. The van der Waals surface area contributed by atoms with Crippen LogP contribution < -0.4 is 5.32 Å². The van der Waals surface area contributed by atoms with E-state index < -0.39 is 0 Å². The van der Waals surface area contributed by atoms with Crippen LogP contribution in [0, 0.1) is 0 Å². The zero-order chi connectivity index (χ0) is 19.9. The van der Waals surface area contributed by atoms with Gasteiger partial charge in [-0.1, -0.05) is 36.7 Å². The number of hydrogen-bond acceptors (Lipinski definition) is 4. The van der Waals surface area contributed by atoms with Crippen molar-refractivity contribution in [3.63, 3.8) is 0 Å². The van der Waals surface area contributed by atoms with Gasteiger partial charge in [-0.15, -0.1) is 11.8 Å². The number of hydrogen-bond donors (Lipinski definition) is 2. The molecule has 146 valence electrons. The van der Waals surface area contributed by atoms with Crippen LogP contribution in [0.4, 0.5) is 5.69 Å². The first-order valence-electron chi connectivity index (χ1n) is 9.38. The van der Waals surface area contributed by atoms with E-state index in [1.165, 1.54) is 4.90 Å². The number of halogens is 1. The van der Waals surface area contributed by atoms with Crippen LogP contribution in [0.15, 0.2) is 59.5 Å². The summed E-state index contributed by atoms with van der Waals surface area (Å²) in [6, 6.07) is 17.8. The van der Waals surface area contributed by atoms with Gasteiger partial charge in [0.1, 0.15) is 0 Å². The van der Waals surface area contributed by atoms with Crippen LogP contribution in [-0.2, 0) is 5.75 Å². The van der Waals surface area contributed by atoms with Gasteiger partial charge >= 0.3 is 0 Å². The van der Waals surface area contributed by atoms with Crippen molar-refractivity contribution in [3.8, 4) is 0 Å². The number of carbonyl (C=O) groups excluding carboxylic acids is 1. The molecule has 3 rings (SSSR count). The largest absolute Gasteiger partial charge is 0.378 e. The quantitative estimate of drug-likeness (QED) is 0.310. The fourth-order valence-electron chi connectivity index (χ4n) is 3.03. The molecular weight excluding hydrogens is 390 g/mol. The highest BCUT2D eigenvalue weighted by Crippen LogP contribution is 2.31. The van der Waals surface area contributed by atoms with E-state index in [2.05, 4.69) is 34.6 Å². The van der Waals surface area contributed by atoms with E-state index in [0.29, 0.717) is 11.6 Å². The van der Waals surface area contributed by atoms with Crippen molar-refractivity contribution in [2.75, 3.05) is 5.32 Å². The Bertz CT molecular complexity index is 909. The number of carbonyl (C=O) groups is 1. The lowest BCUT2D eigenvalue weighted by molar-refractivity contribution is 0.0982. The Balaban J connectivity index is 1.68. The molecule has 0 saturated carbocycles. The maximum atomic E-state index is 12.0. The van der Waals surface area contributed by atoms with Gasteiger partial charge in [-0.3, -0.25) is 9.89 Å². The highest BCUT2D eigenvalue weighted by Gasteiger charge is 2.18. The molecule has 0 amide bonds. The van der Waals surface area contributed by atoms with Crippen LogP contribution in [0.2, 0.25) is 5.15 Å². The molecule has 0 aliphatic carbocycles. The first kappa shape index (κ1) is 20.5. The van der Waals surface area contributed by atoms with Gasteiger partial charge in [-0.05, 0) is 49.7 Å². The predicted molar refractivity (Wildman–Crippen MR) is 117 cm³/mol. The van der Waals surface area contributed by atoms with Crippen molar-refractivity contribution in [2.45, 2.75) is 43.4 Å². The summed E-state index contributed by atoms with van der Waals surface area (Å²) in [4.78, 5) is 13.2. The second kappa shape index (κ2) is 9.80. The summed E-state index contributed by atoms with van der Waals surface area (Å²) < 4.78 is 0. The zero-order valence-electron chi connectivity index (χ0n) is 16.0. The van der Waals surface area contributed by atoms with Crippen LogP contribution in [0.1, 0.15) is 54.3 Å². The molecule has 3 aromatic rings. The molecule has 2 N–H and O–H groups in total. The Labute approximate surface area is 175 Å². The van der Waals surface area contributed by atoms with E-state index in [1.807, 2.05) is 49.4 Å². The minimum absolute atomic E-state index is 0.0187. The van der Waals surface area contributed by atoms with Crippen molar-refractivity contribution < 1.29 is 4.79 Å². The maximum absolute atomic E-state index is 12.0. The molecule has 1 atom stereocenters. The summed E-state index contributed by atoms with van der Waals surface area (Å²) in [5.74, 6) is 0.940. The third-order valence-electron chi connectivity index (χ3n) is 4.46. The third-order valence-corrected chi connectivity index (χ3v) is 5.79. The lowest BCUT2D eigenvalue weighted by atomic mass is 10.1. The summed E-state index contributed by atoms with van der Waals surface area (Å²) in [6.07, 6.45) is 1.44. The molecule has 1 aromatic heterocycles. The third kappa shape index (κ3) is 5.18. The lowest BCUT2D eigenvalue weighted by Gasteiger charge is -2.16. The van der Waals surface area contributed by atoms with E-state index in [9.17, 15) is 4.79 Å². The molecule has 0 aliphatic rings. The molecule has 0 bridgehead atoms. The molecular formula is C22H24ClN3OS. The van der Waals surface area contributed by atoms with Gasteiger partial charge in [0.15, 0.2) is 10.9 Å². The fourth-order valence-corrected chi connectivity index (χ4v) is 4.23.